The largest absolute Gasteiger partial charge is 0.497 e. The summed E-state index contributed by atoms with van der Waals surface area (Å²) in [6, 6.07) is 19.1. The Morgan fingerprint density at radius 1 is 1.03 bits per heavy atom. The number of benzene rings is 3. The van der Waals surface area contributed by atoms with Gasteiger partial charge < -0.3 is 8.92 Å². The molecule has 0 aliphatic carbocycles. The zero-order valence-electron chi connectivity index (χ0n) is 15.8. The zero-order chi connectivity index (χ0) is 21.6. The number of ether oxygens (including phenoxy) is 1. The topological polar surface area (TPSA) is 94.1 Å². The molecule has 0 atom stereocenters. The highest BCUT2D eigenvalue weighted by molar-refractivity contribution is 9.10. The number of nitrogens with zero attached hydrogens (tertiary/aromatic N) is 1. The number of carbonyl (C=O) groups is 1. The first-order valence-electron chi connectivity index (χ1n) is 8.65. The van der Waals surface area contributed by atoms with Gasteiger partial charge in [-0.1, -0.05) is 34.1 Å². The lowest BCUT2D eigenvalue weighted by Gasteiger charge is -2.10. The molecule has 0 spiro atoms. The van der Waals surface area contributed by atoms with Crippen molar-refractivity contribution < 1.29 is 22.1 Å². The predicted molar refractivity (Wildman–Crippen MR) is 116 cm³/mol. The molecule has 30 heavy (non-hydrogen) atoms. The third-order valence-corrected chi connectivity index (χ3v) is 5.67. The molecule has 1 amide bonds. The van der Waals surface area contributed by atoms with E-state index in [0.29, 0.717) is 21.3 Å². The third-order valence-electron chi connectivity index (χ3n) is 3.93. The van der Waals surface area contributed by atoms with Crippen LogP contribution in [0.2, 0.25) is 0 Å². The van der Waals surface area contributed by atoms with Crippen LogP contribution in [-0.2, 0) is 10.1 Å². The van der Waals surface area contributed by atoms with Crippen molar-refractivity contribution >= 4 is 38.2 Å². The van der Waals surface area contributed by atoms with Gasteiger partial charge in [-0.05, 0) is 54.6 Å². The fourth-order valence-corrected chi connectivity index (χ4v) is 3.77. The van der Waals surface area contributed by atoms with Gasteiger partial charge in [0.15, 0.2) is 5.75 Å². The average molecular weight is 489 g/mol. The number of amides is 1. The highest BCUT2D eigenvalue weighted by atomic mass is 79.9. The van der Waals surface area contributed by atoms with Crippen LogP contribution < -0.4 is 14.3 Å². The van der Waals surface area contributed by atoms with Crippen LogP contribution >= 0.6 is 15.9 Å². The van der Waals surface area contributed by atoms with E-state index in [-0.39, 0.29) is 10.6 Å². The highest BCUT2D eigenvalue weighted by Crippen LogP contribution is 2.25. The maximum atomic E-state index is 12.5. The molecule has 154 valence electrons. The molecular weight excluding hydrogens is 472 g/mol. The van der Waals surface area contributed by atoms with Gasteiger partial charge in [0.1, 0.15) is 10.6 Å². The Morgan fingerprint density at radius 3 is 2.40 bits per heavy atom. The van der Waals surface area contributed by atoms with E-state index in [1.807, 2.05) is 0 Å². The molecule has 3 aromatic carbocycles. The first-order valence-corrected chi connectivity index (χ1v) is 10.9. The average Bonchev–Trinajstić information content (AvgIpc) is 2.76. The molecule has 1 N–H and O–H groups in total. The second-order valence-electron chi connectivity index (χ2n) is 5.96. The number of rotatable bonds is 7. The van der Waals surface area contributed by atoms with Crippen molar-refractivity contribution in [1.82, 2.24) is 5.43 Å². The quantitative estimate of drug-likeness (QED) is 0.308. The number of nitrogens with one attached hydrogen (secondary N) is 1. The Labute approximate surface area is 182 Å². The molecule has 7 nitrogen and oxygen atoms in total. The Bertz CT molecular complexity index is 1160. The highest BCUT2D eigenvalue weighted by Gasteiger charge is 2.18. The fraction of sp³-hybridized carbons (Fsp3) is 0.0476. The van der Waals surface area contributed by atoms with Gasteiger partial charge in [0, 0.05) is 15.6 Å². The lowest BCUT2D eigenvalue weighted by Crippen LogP contribution is -2.17. The molecule has 3 aromatic rings. The van der Waals surface area contributed by atoms with Crippen LogP contribution in [0.25, 0.3) is 0 Å². The molecule has 0 radical (unpaired) electrons. The van der Waals surface area contributed by atoms with E-state index in [9.17, 15) is 13.2 Å². The van der Waals surface area contributed by atoms with Crippen LogP contribution in [-0.4, -0.2) is 27.6 Å². The van der Waals surface area contributed by atoms with Gasteiger partial charge in [0.05, 0.1) is 13.3 Å². The van der Waals surface area contributed by atoms with Gasteiger partial charge in [-0.15, -0.1) is 0 Å². The minimum Gasteiger partial charge on any atom is -0.497 e. The van der Waals surface area contributed by atoms with Crippen molar-refractivity contribution in [2.75, 3.05) is 7.11 Å². The summed E-state index contributed by atoms with van der Waals surface area (Å²) in [5.41, 5.74) is 3.15. The van der Waals surface area contributed by atoms with Crippen LogP contribution in [0.4, 0.5) is 0 Å². The number of carbonyl (C=O) groups excluding carboxylic acids is 1. The minimum absolute atomic E-state index is 0.0311. The number of hydrogen-bond donors (Lipinski definition) is 1. The van der Waals surface area contributed by atoms with E-state index in [0.717, 1.165) is 0 Å². The van der Waals surface area contributed by atoms with E-state index in [2.05, 4.69) is 26.5 Å². The summed E-state index contributed by atoms with van der Waals surface area (Å²) in [5, 5.41) is 3.91. The molecule has 0 saturated carbocycles. The lowest BCUT2D eigenvalue weighted by atomic mass is 10.2. The van der Waals surface area contributed by atoms with Crippen molar-refractivity contribution in [3.05, 3.63) is 88.4 Å². The van der Waals surface area contributed by atoms with Crippen LogP contribution in [0, 0.1) is 0 Å². The summed E-state index contributed by atoms with van der Waals surface area (Å²) in [6.45, 7) is 0. The predicted octanol–water partition coefficient (Wildman–Crippen LogP) is 3.99. The molecule has 0 aromatic heterocycles. The van der Waals surface area contributed by atoms with Crippen molar-refractivity contribution in [3.63, 3.8) is 0 Å². The monoisotopic (exact) mass is 488 g/mol. The molecule has 0 aliphatic heterocycles. The second kappa shape index (κ2) is 9.55. The van der Waals surface area contributed by atoms with E-state index in [4.69, 9.17) is 8.92 Å². The van der Waals surface area contributed by atoms with Gasteiger partial charge in [-0.25, -0.2) is 5.43 Å². The molecule has 0 unspecified atom stereocenters. The first kappa shape index (κ1) is 21.5. The molecule has 0 saturated heterocycles. The van der Waals surface area contributed by atoms with Crippen LogP contribution in [0.15, 0.2) is 87.3 Å². The van der Waals surface area contributed by atoms with Gasteiger partial charge in [0.2, 0.25) is 0 Å². The third kappa shape index (κ3) is 5.46. The fourth-order valence-electron chi connectivity index (χ4n) is 2.42. The second-order valence-corrected chi connectivity index (χ2v) is 8.42. The maximum Gasteiger partial charge on any atom is 0.339 e. The van der Waals surface area contributed by atoms with E-state index >= 15 is 0 Å². The summed E-state index contributed by atoms with van der Waals surface area (Å²) in [7, 11) is -2.48. The molecule has 3 rings (SSSR count). The molecule has 0 heterocycles. The van der Waals surface area contributed by atoms with Gasteiger partial charge in [-0.3, -0.25) is 4.79 Å². The SMILES string of the molecule is COc1ccc(C(=O)N/N=C/c2cc(Br)ccc2OS(=O)(=O)c2ccccc2)cc1. The Hall–Kier alpha value is -3.17. The number of hydrazone groups is 1. The zero-order valence-corrected chi connectivity index (χ0v) is 18.2. The summed E-state index contributed by atoms with van der Waals surface area (Å²) in [4.78, 5) is 12.2. The smallest absolute Gasteiger partial charge is 0.339 e. The van der Waals surface area contributed by atoms with E-state index < -0.39 is 16.0 Å². The van der Waals surface area contributed by atoms with Gasteiger partial charge >= 0.3 is 10.1 Å². The molecule has 0 fully saturated rings. The molecular formula is C21H17BrN2O5S. The van der Waals surface area contributed by atoms with Crippen molar-refractivity contribution in [2.24, 2.45) is 5.10 Å². The summed E-state index contributed by atoms with van der Waals surface area (Å²) < 4.78 is 36.0. The summed E-state index contributed by atoms with van der Waals surface area (Å²) in [6.07, 6.45) is 1.31. The van der Waals surface area contributed by atoms with Crippen LogP contribution in [0.1, 0.15) is 15.9 Å². The minimum atomic E-state index is -4.02. The van der Waals surface area contributed by atoms with Gasteiger partial charge in [-0.2, -0.15) is 13.5 Å². The Balaban J connectivity index is 1.77. The summed E-state index contributed by atoms with van der Waals surface area (Å²) >= 11 is 3.33. The Kier molecular flexibility index (Phi) is 6.86. The Morgan fingerprint density at radius 2 is 1.73 bits per heavy atom. The molecule has 0 aliphatic rings. The van der Waals surface area contributed by atoms with Crippen LogP contribution in [0.3, 0.4) is 0 Å². The maximum absolute atomic E-state index is 12.5. The number of methoxy groups -OCH3 is 1. The lowest BCUT2D eigenvalue weighted by molar-refractivity contribution is 0.0955. The van der Waals surface area contributed by atoms with Crippen molar-refractivity contribution in [1.29, 1.82) is 0 Å². The van der Waals surface area contributed by atoms with E-state index in [1.54, 1.807) is 54.6 Å². The number of hydrogen-bond acceptors (Lipinski definition) is 6. The molecule has 0 bridgehead atoms. The van der Waals surface area contributed by atoms with Crippen LogP contribution in [0.5, 0.6) is 11.5 Å². The normalized spacial score (nSPS) is 11.3. The standard InChI is InChI=1S/C21H17BrN2O5S/c1-28-18-10-7-15(8-11-18)21(25)24-23-14-16-13-17(22)9-12-20(16)29-30(26,27)19-5-3-2-4-6-19/h2-14H,1H3,(H,24,25)/b23-14+. The number of halogens is 1. The van der Waals surface area contributed by atoms with Crippen molar-refractivity contribution in [3.8, 4) is 11.5 Å². The summed E-state index contributed by atoms with van der Waals surface area (Å²) in [5.74, 6) is 0.276. The first-order chi connectivity index (χ1) is 14.4. The van der Waals surface area contributed by atoms with E-state index in [1.165, 1.54) is 31.5 Å². The van der Waals surface area contributed by atoms with Gasteiger partial charge in [0.25, 0.3) is 5.91 Å². The van der Waals surface area contributed by atoms with Crippen molar-refractivity contribution in [2.45, 2.75) is 4.90 Å². The molecule has 9 heteroatoms.